The zero-order valence-electron chi connectivity index (χ0n) is 12.1. The van der Waals surface area contributed by atoms with E-state index in [4.69, 9.17) is 4.74 Å². The molecule has 1 aliphatic carbocycles. The van der Waals surface area contributed by atoms with Gasteiger partial charge in [-0.2, -0.15) is 0 Å². The highest BCUT2D eigenvalue weighted by molar-refractivity contribution is 5.95. The fourth-order valence-electron chi connectivity index (χ4n) is 1.97. The number of allylic oxidation sites excluding steroid dienone is 3. The van der Waals surface area contributed by atoms with Crippen molar-refractivity contribution in [2.75, 3.05) is 7.11 Å². The van der Waals surface area contributed by atoms with Crippen LogP contribution in [0, 0.1) is 0 Å². The number of Topliss-reactive ketones (excluding diaryl/α,β-unsaturated/α-hetero) is 1. The average molecular weight is 286 g/mol. The molecule has 2 amide bonds. The van der Waals surface area contributed by atoms with Gasteiger partial charge in [0.05, 0.1) is 7.11 Å². The molecule has 0 saturated carbocycles. The van der Waals surface area contributed by atoms with E-state index < -0.39 is 0 Å². The van der Waals surface area contributed by atoms with Crippen molar-refractivity contribution in [2.45, 2.75) is 19.9 Å². The highest BCUT2D eigenvalue weighted by atomic mass is 16.5. The molecule has 5 heteroatoms. The first-order chi connectivity index (χ1) is 10.1. The Balaban J connectivity index is 1.77. The molecule has 0 unspecified atom stereocenters. The molecule has 2 rings (SSSR count). The molecule has 0 fully saturated rings. The molecule has 1 aromatic carbocycles. The Kier molecular flexibility index (Phi) is 4.77. The van der Waals surface area contributed by atoms with Crippen molar-refractivity contribution in [1.29, 1.82) is 0 Å². The van der Waals surface area contributed by atoms with E-state index in [1.165, 1.54) is 6.92 Å². The van der Waals surface area contributed by atoms with Crippen molar-refractivity contribution < 1.29 is 14.3 Å². The monoisotopic (exact) mass is 286 g/mol. The van der Waals surface area contributed by atoms with Crippen LogP contribution in [0.5, 0.6) is 5.75 Å². The first-order valence-electron chi connectivity index (χ1n) is 6.67. The van der Waals surface area contributed by atoms with Crippen LogP contribution >= 0.6 is 0 Å². The second-order valence-corrected chi connectivity index (χ2v) is 4.77. The first kappa shape index (κ1) is 14.8. The van der Waals surface area contributed by atoms with Gasteiger partial charge in [0.1, 0.15) is 5.75 Å². The van der Waals surface area contributed by atoms with E-state index in [0.29, 0.717) is 18.5 Å². The number of methoxy groups -OCH3 is 1. The molecule has 21 heavy (non-hydrogen) atoms. The number of ether oxygens (including phenoxy) is 1. The van der Waals surface area contributed by atoms with Crippen molar-refractivity contribution in [2.24, 2.45) is 0 Å². The van der Waals surface area contributed by atoms with Gasteiger partial charge in [-0.3, -0.25) is 4.79 Å². The Morgan fingerprint density at radius 2 is 1.90 bits per heavy atom. The minimum absolute atomic E-state index is 0.0293. The van der Waals surface area contributed by atoms with E-state index >= 15 is 0 Å². The minimum atomic E-state index is -0.282. The van der Waals surface area contributed by atoms with Crippen molar-refractivity contribution in [3.63, 3.8) is 0 Å². The Labute approximate surface area is 123 Å². The molecule has 110 valence electrons. The summed E-state index contributed by atoms with van der Waals surface area (Å²) in [6, 6.07) is 7.19. The highest BCUT2D eigenvalue weighted by Gasteiger charge is 2.13. The van der Waals surface area contributed by atoms with Gasteiger partial charge in [0.2, 0.25) is 0 Å². The van der Waals surface area contributed by atoms with Gasteiger partial charge in [-0.15, -0.1) is 0 Å². The SMILES string of the molecule is COc1ccc(CNC(=O)NC2=CC=C(C(C)=O)C2)cc1. The summed E-state index contributed by atoms with van der Waals surface area (Å²) in [6.45, 7) is 1.95. The standard InChI is InChI=1S/C16H18N2O3/c1-11(19)13-5-6-14(9-13)18-16(20)17-10-12-3-7-15(21-2)8-4-12/h3-8H,9-10H2,1-2H3,(H2,17,18,20). The lowest BCUT2D eigenvalue weighted by molar-refractivity contribution is -0.113. The smallest absolute Gasteiger partial charge is 0.319 e. The molecule has 0 spiro atoms. The molecule has 0 saturated heterocycles. The van der Waals surface area contributed by atoms with Crippen LogP contribution in [0.15, 0.2) is 47.7 Å². The second-order valence-electron chi connectivity index (χ2n) is 4.77. The number of ketones is 1. The van der Waals surface area contributed by atoms with Gasteiger partial charge in [0.15, 0.2) is 5.78 Å². The van der Waals surface area contributed by atoms with Crippen molar-refractivity contribution in [1.82, 2.24) is 10.6 Å². The van der Waals surface area contributed by atoms with Crippen LogP contribution in [-0.2, 0) is 11.3 Å². The summed E-state index contributed by atoms with van der Waals surface area (Å²) in [7, 11) is 1.61. The van der Waals surface area contributed by atoms with Gasteiger partial charge in [0.25, 0.3) is 0 Å². The molecule has 0 radical (unpaired) electrons. The van der Waals surface area contributed by atoms with Crippen molar-refractivity contribution in [3.05, 3.63) is 53.3 Å². The van der Waals surface area contributed by atoms with Crippen LogP contribution in [-0.4, -0.2) is 18.9 Å². The number of hydrogen-bond donors (Lipinski definition) is 2. The van der Waals surface area contributed by atoms with E-state index in [1.807, 2.05) is 24.3 Å². The maximum atomic E-state index is 11.8. The normalized spacial score (nSPS) is 13.2. The van der Waals surface area contributed by atoms with Gasteiger partial charge in [-0.1, -0.05) is 18.2 Å². The summed E-state index contributed by atoms with van der Waals surface area (Å²) in [5.74, 6) is 0.809. The van der Waals surface area contributed by atoms with E-state index in [1.54, 1.807) is 19.3 Å². The van der Waals surface area contributed by atoms with E-state index in [9.17, 15) is 9.59 Å². The average Bonchev–Trinajstić information content (AvgIpc) is 2.94. The number of amides is 2. The van der Waals surface area contributed by atoms with E-state index in [2.05, 4.69) is 10.6 Å². The number of carbonyl (C=O) groups is 2. The molecule has 1 aliphatic rings. The minimum Gasteiger partial charge on any atom is -0.497 e. The zero-order valence-corrected chi connectivity index (χ0v) is 12.1. The number of urea groups is 1. The molecule has 0 atom stereocenters. The fraction of sp³-hybridized carbons (Fsp3) is 0.250. The van der Waals surface area contributed by atoms with Gasteiger partial charge < -0.3 is 15.4 Å². The molecular formula is C16H18N2O3. The highest BCUT2D eigenvalue weighted by Crippen LogP contribution is 2.17. The largest absolute Gasteiger partial charge is 0.497 e. The predicted octanol–water partition coefficient (Wildman–Crippen LogP) is 2.30. The summed E-state index contributed by atoms with van der Waals surface area (Å²) in [5, 5.41) is 5.51. The lowest BCUT2D eigenvalue weighted by Gasteiger charge is -2.09. The maximum Gasteiger partial charge on any atom is 0.319 e. The fourth-order valence-corrected chi connectivity index (χ4v) is 1.97. The molecule has 0 bridgehead atoms. The molecule has 2 N–H and O–H groups in total. The molecular weight excluding hydrogens is 268 g/mol. The summed E-state index contributed by atoms with van der Waals surface area (Å²) in [6.07, 6.45) is 3.97. The van der Waals surface area contributed by atoms with Gasteiger partial charge >= 0.3 is 6.03 Å². The quantitative estimate of drug-likeness (QED) is 0.872. The third kappa shape index (κ3) is 4.21. The van der Waals surface area contributed by atoms with Crippen molar-refractivity contribution in [3.8, 4) is 5.75 Å². The third-order valence-corrected chi connectivity index (χ3v) is 3.21. The van der Waals surface area contributed by atoms with Crippen LogP contribution in [0.1, 0.15) is 18.9 Å². The lowest BCUT2D eigenvalue weighted by Crippen LogP contribution is -2.34. The maximum absolute atomic E-state index is 11.8. The van der Waals surface area contributed by atoms with E-state index in [-0.39, 0.29) is 11.8 Å². The summed E-state index contributed by atoms with van der Waals surface area (Å²) in [5.41, 5.74) is 2.42. The van der Waals surface area contributed by atoms with Gasteiger partial charge in [-0.05, 0) is 30.7 Å². The number of carbonyl (C=O) groups excluding carboxylic acids is 2. The number of rotatable bonds is 5. The van der Waals surface area contributed by atoms with Crippen LogP contribution in [0.4, 0.5) is 4.79 Å². The Morgan fingerprint density at radius 1 is 1.19 bits per heavy atom. The van der Waals surface area contributed by atoms with Gasteiger partial charge in [0, 0.05) is 24.2 Å². The topological polar surface area (TPSA) is 67.4 Å². The van der Waals surface area contributed by atoms with E-state index in [0.717, 1.165) is 17.0 Å². The zero-order chi connectivity index (χ0) is 15.2. The van der Waals surface area contributed by atoms with Gasteiger partial charge in [-0.25, -0.2) is 4.79 Å². The number of hydrogen-bond acceptors (Lipinski definition) is 3. The summed E-state index contributed by atoms with van der Waals surface area (Å²) >= 11 is 0. The predicted molar refractivity (Wildman–Crippen MR) is 79.8 cm³/mol. The lowest BCUT2D eigenvalue weighted by atomic mass is 10.1. The molecule has 5 nitrogen and oxygen atoms in total. The number of benzene rings is 1. The molecule has 1 aromatic rings. The van der Waals surface area contributed by atoms with Crippen LogP contribution in [0.2, 0.25) is 0 Å². The third-order valence-electron chi connectivity index (χ3n) is 3.21. The molecule has 0 aromatic heterocycles. The first-order valence-corrected chi connectivity index (χ1v) is 6.67. The Morgan fingerprint density at radius 3 is 2.48 bits per heavy atom. The van der Waals surface area contributed by atoms with Crippen LogP contribution in [0.3, 0.4) is 0 Å². The summed E-state index contributed by atoms with van der Waals surface area (Å²) in [4.78, 5) is 23.0. The molecule has 0 heterocycles. The summed E-state index contributed by atoms with van der Waals surface area (Å²) < 4.78 is 5.07. The second kappa shape index (κ2) is 6.74. The van der Waals surface area contributed by atoms with Crippen LogP contribution < -0.4 is 15.4 Å². The Hall–Kier alpha value is -2.56. The van der Waals surface area contributed by atoms with Crippen LogP contribution in [0.25, 0.3) is 0 Å². The van der Waals surface area contributed by atoms with Crippen molar-refractivity contribution >= 4 is 11.8 Å². The Bertz CT molecular complexity index is 600. The molecule has 0 aliphatic heterocycles. The number of nitrogens with one attached hydrogen (secondary N) is 2.